The molecule has 3 aromatic carbocycles. The van der Waals surface area contributed by atoms with Crippen molar-refractivity contribution in [1.29, 1.82) is 0 Å². The molecular formula is C28H29Cl3N2O2. The molecule has 35 heavy (non-hydrogen) atoms. The molecule has 3 rings (SSSR count). The Morgan fingerprint density at radius 2 is 1.57 bits per heavy atom. The van der Waals surface area contributed by atoms with Crippen molar-refractivity contribution >= 4 is 46.6 Å². The van der Waals surface area contributed by atoms with Gasteiger partial charge in [0.25, 0.3) is 0 Å². The molecule has 0 radical (unpaired) electrons. The van der Waals surface area contributed by atoms with E-state index in [1.165, 1.54) is 0 Å². The van der Waals surface area contributed by atoms with Crippen LogP contribution in [0, 0.1) is 0 Å². The van der Waals surface area contributed by atoms with E-state index >= 15 is 0 Å². The van der Waals surface area contributed by atoms with Gasteiger partial charge in [-0.15, -0.1) is 0 Å². The largest absolute Gasteiger partial charge is 0.352 e. The molecule has 0 saturated carbocycles. The number of benzene rings is 3. The van der Waals surface area contributed by atoms with Gasteiger partial charge >= 0.3 is 0 Å². The van der Waals surface area contributed by atoms with E-state index in [9.17, 15) is 9.59 Å². The molecule has 0 saturated heterocycles. The quantitative estimate of drug-likeness (QED) is 0.315. The molecular weight excluding hydrogens is 503 g/mol. The molecule has 7 heteroatoms. The van der Waals surface area contributed by atoms with Gasteiger partial charge < -0.3 is 10.2 Å². The molecule has 0 fully saturated rings. The molecule has 0 spiro atoms. The molecule has 4 nitrogen and oxygen atoms in total. The van der Waals surface area contributed by atoms with Crippen LogP contribution < -0.4 is 5.32 Å². The molecule has 0 aliphatic carbocycles. The average Bonchev–Trinajstić information content (AvgIpc) is 2.83. The minimum absolute atomic E-state index is 0.0234. The van der Waals surface area contributed by atoms with Crippen LogP contribution in [0.1, 0.15) is 37.0 Å². The fourth-order valence-corrected chi connectivity index (χ4v) is 4.43. The molecule has 1 N–H and O–H groups in total. The summed E-state index contributed by atoms with van der Waals surface area (Å²) in [5.41, 5.74) is 2.44. The SMILES string of the molecule is CC[C@H](C)NC(=O)[C@@H](Cc1ccccc1)N(Cc1ccc(Cl)cc1Cl)C(=O)Cc1cccc(Cl)c1. The fourth-order valence-electron chi connectivity index (χ4n) is 3.75. The first-order chi connectivity index (χ1) is 16.8. The molecule has 184 valence electrons. The Morgan fingerprint density at radius 1 is 0.886 bits per heavy atom. The number of hydrogen-bond acceptors (Lipinski definition) is 2. The molecule has 2 atom stereocenters. The lowest BCUT2D eigenvalue weighted by Crippen LogP contribution is -2.52. The summed E-state index contributed by atoms with van der Waals surface area (Å²) < 4.78 is 0. The molecule has 3 aromatic rings. The lowest BCUT2D eigenvalue weighted by molar-refractivity contribution is -0.141. The average molecular weight is 532 g/mol. The molecule has 0 aliphatic heterocycles. The van der Waals surface area contributed by atoms with Gasteiger partial charge in [0, 0.05) is 34.1 Å². The summed E-state index contributed by atoms with van der Waals surface area (Å²) in [5.74, 6) is -0.397. The molecule has 0 aliphatic rings. The summed E-state index contributed by atoms with van der Waals surface area (Å²) >= 11 is 18.7. The van der Waals surface area contributed by atoms with Gasteiger partial charge in [0.1, 0.15) is 6.04 Å². The van der Waals surface area contributed by atoms with E-state index in [0.717, 1.165) is 17.5 Å². The van der Waals surface area contributed by atoms with E-state index in [0.29, 0.717) is 27.1 Å². The van der Waals surface area contributed by atoms with Crippen molar-refractivity contribution in [2.24, 2.45) is 0 Å². The second-order valence-corrected chi connectivity index (χ2v) is 9.87. The predicted octanol–water partition coefficient (Wildman–Crippen LogP) is 6.74. The molecule has 0 unspecified atom stereocenters. The number of nitrogens with zero attached hydrogens (tertiary/aromatic N) is 1. The number of hydrogen-bond donors (Lipinski definition) is 1. The highest BCUT2D eigenvalue weighted by Gasteiger charge is 2.31. The first-order valence-corrected chi connectivity index (χ1v) is 12.7. The zero-order valence-electron chi connectivity index (χ0n) is 19.8. The van der Waals surface area contributed by atoms with Crippen LogP contribution in [0.5, 0.6) is 0 Å². The van der Waals surface area contributed by atoms with Gasteiger partial charge in [-0.05, 0) is 54.3 Å². The van der Waals surface area contributed by atoms with Crippen LogP contribution in [-0.4, -0.2) is 28.8 Å². The summed E-state index contributed by atoms with van der Waals surface area (Å²) in [6.07, 6.45) is 1.26. The van der Waals surface area contributed by atoms with Gasteiger partial charge in [0.2, 0.25) is 11.8 Å². The zero-order valence-corrected chi connectivity index (χ0v) is 22.1. The Morgan fingerprint density at radius 3 is 2.23 bits per heavy atom. The van der Waals surface area contributed by atoms with Gasteiger partial charge in [-0.25, -0.2) is 0 Å². The second-order valence-electron chi connectivity index (χ2n) is 8.59. The normalized spacial score (nSPS) is 12.6. The number of rotatable bonds is 10. The number of halogens is 3. The Bertz CT molecular complexity index is 1150. The van der Waals surface area contributed by atoms with E-state index in [2.05, 4.69) is 5.32 Å². The van der Waals surface area contributed by atoms with Crippen molar-refractivity contribution in [3.63, 3.8) is 0 Å². The Kier molecular flexibility index (Phi) is 10.0. The van der Waals surface area contributed by atoms with Gasteiger partial charge in [0.05, 0.1) is 6.42 Å². The summed E-state index contributed by atoms with van der Waals surface area (Å²) in [6, 6.07) is 21.3. The summed E-state index contributed by atoms with van der Waals surface area (Å²) in [5, 5.41) is 4.56. The first-order valence-electron chi connectivity index (χ1n) is 11.6. The Labute approximate surface area is 222 Å². The van der Waals surface area contributed by atoms with Gasteiger partial charge in [0.15, 0.2) is 0 Å². The van der Waals surface area contributed by atoms with Crippen LogP contribution >= 0.6 is 34.8 Å². The number of amides is 2. The molecule has 2 amide bonds. The van der Waals surface area contributed by atoms with E-state index in [1.807, 2.05) is 56.3 Å². The monoisotopic (exact) mass is 530 g/mol. The van der Waals surface area contributed by atoms with E-state index in [-0.39, 0.29) is 30.8 Å². The van der Waals surface area contributed by atoms with Crippen LogP contribution in [0.15, 0.2) is 72.8 Å². The minimum atomic E-state index is -0.732. The third kappa shape index (κ3) is 7.99. The Balaban J connectivity index is 2.00. The maximum Gasteiger partial charge on any atom is 0.243 e. The lowest BCUT2D eigenvalue weighted by atomic mass is 10.0. The number of carbonyl (C=O) groups is 2. The van der Waals surface area contributed by atoms with Gasteiger partial charge in [-0.3, -0.25) is 9.59 Å². The first kappa shape index (κ1) is 27.1. The summed E-state index contributed by atoms with van der Waals surface area (Å²) in [7, 11) is 0. The van der Waals surface area contributed by atoms with E-state index in [4.69, 9.17) is 34.8 Å². The maximum atomic E-state index is 13.7. The number of nitrogens with one attached hydrogen (secondary N) is 1. The van der Waals surface area contributed by atoms with Crippen molar-refractivity contribution < 1.29 is 9.59 Å². The van der Waals surface area contributed by atoms with Crippen LogP contribution in [0.4, 0.5) is 0 Å². The maximum absolute atomic E-state index is 13.7. The fraction of sp³-hybridized carbons (Fsp3) is 0.286. The Hall–Kier alpha value is -2.53. The van der Waals surface area contributed by atoms with Gasteiger partial charge in [-0.2, -0.15) is 0 Å². The molecule has 0 heterocycles. The minimum Gasteiger partial charge on any atom is -0.352 e. The van der Waals surface area contributed by atoms with Crippen molar-refractivity contribution in [3.8, 4) is 0 Å². The van der Waals surface area contributed by atoms with Crippen LogP contribution in [0.2, 0.25) is 15.1 Å². The lowest BCUT2D eigenvalue weighted by Gasteiger charge is -2.32. The van der Waals surface area contributed by atoms with Crippen molar-refractivity contribution in [2.45, 2.75) is 51.7 Å². The summed E-state index contributed by atoms with van der Waals surface area (Å²) in [6.45, 7) is 4.12. The number of carbonyl (C=O) groups excluding carboxylic acids is 2. The van der Waals surface area contributed by atoms with Crippen molar-refractivity contribution in [3.05, 3.63) is 105 Å². The van der Waals surface area contributed by atoms with Crippen molar-refractivity contribution in [1.82, 2.24) is 10.2 Å². The topological polar surface area (TPSA) is 49.4 Å². The van der Waals surface area contributed by atoms with Crippen LogP contribution in [-0.2, 0) is 29.0 Å². The molecule has 0 bridgehead atoms. The third-order valence-corrected chi connectivity index (χ3v) is 6.69. The highest BCUT2D eigenvalue weighted by Crippen LogP contribution is 2.25. The highest BCUT2D eigenvalue weighted by atomic mass is 35.5. The molecule has 0 aromatic heterocycles. The highest BCUT2D eigenvalue weighted by molar-refractivity contribution is 6.35. The van der Waals surface area contributed by atoms with Crippen LogP contribution in [0.25, 0.3) is 0 Å². The van der Waals surface area contributed by atoms with E-state index < -0.39 is 6.04 Å². The predicted molar refractivity (Wildman–Crippen MR) is 144 cm³/mol. The van der Waals surface area contributed by atoms with E-state index in [1.54, 1.807) is 35.2 Å². The van der Waals surface area contributed by atoms with Crippen molar-refractivity contribution in [2.75, 3.05) is 0 Å². The standard InChI is InChI=1S/C28H29Cl3N2O2/c1-3-19(2)32-28(35)26(15-20-8-5-4-6-9-20)33(18-22-12-13-24(30)17-25(22)31)27(34)16-21-10-7-11-23(29)14-21/h4-14,17,19,26H,3,15-16,18H2,1-2H3,(H,32,35)/t19-,26+/m0/s1. The summed E-state index contributed by atoms with van der Waals surface area (Å²) in [4.78, 5) is 28.9. The van der Waals surface area contributed by atoms with Crippen LogP contribution in [0.3, 0.4) is 0 Å². The van der Waals surface area contributed by atoms with Gasteiger partial charge in [-0.1, -0.05) is 90.3 Å². The third-order valence-electron chi connectivity index (χ3n) is 5.87. The zero-order chi connectivity index (χ0) is 25.4. The smallest absolute Gasteiger partial charge is 0.243 e. The second kappa shape index (κ2) is 13.0.